The van der Waals surface area contributed by atoms with Gasteiger partial charge in [-0.25, -0.2) is 9.37 Å². The summed E-state index contributed by atoms with van der Waals surface area (Å²) < 4.78 is 13.1. The van der Waals surface area contributed by atoms with Gasteiger partial charge < -0.3 is 20.4 Å². The van der Waals surface area contributed by atoms with Crippen molar-refractivity contribution < 1.29 is 4.39 Å². The van der Waals surface area contributed by atoms with Crippen molar-refractivity contribution in [3.05, 3.63) is 54.5 Å². The number of unbranched alkanes of at least 4 members (excludes halogenated alkanes) is 1. The van der Waals surface area contributed by atoms with Crippen molar-refractivity contribution in [2.75, 3.05) is 56.0 Å². The number of guanidine groups is 1. The van der Waals surface area contributed by atoms with Crippen LogP contribution in [0, 0.1) is 5.82 Å². The van der Waals surface area contributed by atoms with Gasteiger partial charge in [0.1, 0.15) is 11.6 Å². The van der Waals surface area contributed by atoms with Crippen molar-refractivity contribution in [2.45, 2.75) is 19.8 Å². The number of nitrogens with one attached hydrogen (secondary N) is 2. The summed E-state index contributed by atoms with van der Waals surface area (Å²) in [5, 5.41) is 6.74. The maximum absolute atomic E-state index is 13.1. The van der Waals surface area contributed by atoms with Gasteiger partial charge >= 0.3 is 0 Å². The molecule has 0 atom stereocenters. The Morgan fingerprint density at radius 1 is 1.07 bits per heavy atom. The molecule has 0 bridgehead atoms. The molecule has 2 N–H and O–H groups in total. The van der Waals surface area contributed by atoms with E-state index in [1.54, 1.807) is 6.20 Å². The van der Waals surface area contributed by atoms with Gasteiger partial charge in [0.05, 0.1) is 0 Å². The second-order valence-electron chi connectivity index (χ2n) is 7.04. The molecule has 30 heavy (non-hydrogen) atoms. The third-order valence-electron chi connectivity index (χ3n) is 4.92. The van der Waals surface area contributed by atoms with Crippen molar-refractivity contribution in [3.63, 3.8) is 0 Å². The van der Waals surface area contributed by atoms with E-state index in [0.717, 1.165) is 76.1 Å². The topological polar surface area (TPSA) is 55.8 Å². The monoisotopic (exact) mass is 526 g/mol. The van der Waals surface area contributed by atoms with Crippen molar-refractivity contribution in [1.29, 1.82) is 0 Å². The first-order valence-electron chi connectivity index (χ1n) is 10.4. The van der Waals surface area contributed by atoms with Gasteiger partial charge in [0.25, 0.3) is 0 Å². The number of aromatic nitrogens is 1. The zero-order chi connectivity index (χ0) is 20.3. The SMILES string of the molecule is CCNC(=NCCCCNc1ccccn1)N1CCN(c2ccc(F)cc2)CC1.I. The Bertz CT molecular complexity index is 748. The van der Waals surface area contributed by atoms with Crippen LogP contribution >= 0.6 is 24.0 Å². The van der Waals surface area contributed by atoms with E-state index in [2.05, 4.69) is 32.3 Å². The van der Waals surface area contributed by atoms with Gasteiger partial charge in [-0.05, 0) is 56.2 Å². The first-order chi connectivity index (χ1) is 14.3. The number of piperazine rings is 1. The molecule has 2 heterocycles. The second-order valence-corrected chi connectivity index (χ2v) is 7.04. The lowest BCUT2D eigenvalue weighted by atomic mass is 10.2. The van der Waals surface area contributed by atoms with Gasteiger partial charge in [-0.3, -0.25) is 4.99 Å². The van der Waals surface area contributed by atoms with Gasteiger partial charge in [0, 0.05) is 57.7 Å². The molecule has 1 saturated heterocycles. The van der Waals surface area contributed by atoms with Crippen LogP contribution in [0.25, 0.3) is 0 Å². The average Bonchev–Trinajstić information content (AvgIpc) is 2.77. The van der Waals surface area contributed by atoms with Crippen LogP contribution in [0.3, 0.4) is 0 Å². The minimum Gasteiger partial charge on any atom is -0.370 e. The fraction of sp³-hybridized carbons (Fsp3) is 0.455. The first kappa shape index (κ1) is 24.2. The zero-order valence-electron chi connectivity index (χ0n) is 17.6. The molecule has 6 nitrogen and oxygen atoms in total. The molecule has 0 saturated carbocycles. The molecular weight excluding hydrogens is 494 g/mol. The molecule has 1 aromatic carbocycles. The molecule has 1 aliphatic heterocycles. The van der Waals surface area contributed by atoms with E-state index in [0.29, 0.717) is 0 Å². The average molecular weight is 526 g/mol. The van der Waals surface area contributed by atoms with Crippen LogP contribution in [0.5, 0.6) is 0 Å². The molecule has 8 heteroatoms. The number of benzene rings is 1. The van der Waals surface area contributed by atoms with Crippen molar-refractivity contribution in [3.8, 4) is 0 Å². The van der Waals surface area contributed by atoms with E-state index in [1.807, 2.05) is 30.3 Å². The number of pyridine rings is 1. The summed E-state index contributed by atoms with van der Waals surface area (Å²) in [4.78, 5) is 13.7. The highest BCUT2D eigenvalue weighted by atomic mass is 127. The molecule has 0 spiro atoms. The third kappa shape index (κ3) is 7.62. The molecule has 1 aliphatic rings. The number of hydrogen-bond donors (Lipinski definition) is 2. The number of aliphatic imine (C=N–C) groups is 1. The number of halogens is 2. The largest absolute Gasteiger partial charge is 0.370 e. The Hall–Kier alpha value is -2.10. The lowest BCUT2D eigenvalue weighted by Crippen LogP contribution is -2.52. The molecule has 2 aromatic rings. The summed E-state index contributed by atoms with van der Waals surface area (Å²) in [6.07, 6.45) is 3.88. The van der Waals surface area contributed by atoms with E-state index in [4.69, 9.17) is 4.99 Å². The first-order valence-corrected chi connectivity index (χ1v) is 10.4. The van der Waals surface area contributed by atoms with E-state index >= 15 is 0 Å². The smallest absolute Gasteiger partial charge is 0.194 e. The van der Waals surface area contributed by atoms with Crippen LogP contribution in [0.2, 0.25) is 0 Å². The van der Waals surface area contributed by atoms with Gasteiger partial charge in [0.2, 0.25) is 0 Å². The number of rotatable bonds is 8. The van der Waals surface area contributed by atoms with Gasteiger partial charge in [0.15, 0.2) is 5.96 Å². The lowest BCUT2D eigenvalue weighted by Gasteiger charge is -2.37. The third-order valence-corrected chi connectivity index (χ3v) is 4.92. The van der Waals surface area contributed by atoms with E-state index in [9.17, 15) is 4.39 Å². The highest BCUT2D eigenvalue weighted by Gasteiger charge is 2.19. The molecule has 0 amide bonds. The fourth-order valence-electron chi connectivity index (χ4n) is 3.36. The molecule has 164 valence electrons. The summed E-state index contributed by atoms with van der Waals surface area (Å²) in [5.74, 6) is 1.72. The minimum absolute atomic E-state index is 0. The Labute approximate surface area is 196 Å². The van der Waals surface area contributed by atoms with Crippen LogP contribution in [-0.2, 0) is 0 Å². The van der Waals surface area contributed by atoms with Crippen LogP contribution in [-0.4, -0.2) is 61.7 Å². The van der Waals surface area contributed by atoms with Crippen molar-refractivity contribution >= 4 is 41.4 Å². The highest BCUT2D eigenvalue weighted by molar-refractivity contribution is 14.0. The van der Waals surface area contributed by atoms with Crippen LogP contribution in [0.15, 0.2) is 53.7 Å². The van der Waals surface area contributed by atoms with Gasteiger partial charge in [-0.2, -0.15) is 0 Å². The van der Waals surface area contributed by atoms with Gasteiger partial charge in [-0.1, -0.05) is 6.07 Å². The van der Waals surface area contributed by atoms with E-state index < -0.39 is 0 Å². The second kappa shape index (κ2) is 13.3. The summed E-state index contributed by atoms with van der Waals surface area (Å²) >= 11 is 0. The lowest BCUT2D eigenvalue weighted by molar-refractivity contribution is 0.372. The zero-order valence-corrected chi connectivity index (χ0v) is 19.9. The fourth-order valence-corrected chi connectivity index (χ4v) is 3.36. The molecule has 1 aromatic heterocycles. The quantitative estimate of drug-likeness (QED) is 0.237. The summed E-state index contributed by atoms with van der Waals surface area (Å²) in [5.41, 5.74) is 1.08. The summed E-state index contributed by atoms with van der Waals surface area (Å²) in [7, 11) is 0. The number of hydrogen-bond acceptors (Lipinski definition) is 4. The molecule has 1 fully saturated rings. The predicted octanol–water partition coefficient (Wildman–Crippen LogP) is 3.82. The van der Waals surface area contributed by atoms with Crippen LogP contribution in [0.4, 0.5) is 15.9 Å². The summed E-state index contributed by atoms with van der Waals surface area (Å²) in [6, 6.07) is 12.6. The van der Waals surface area contributed by atoms with Gasteiger partial charge in [-0.15, -0.1) is 24.0 Å². The van der Waals surface area contributed by atoms with E-state index in [-0.39, 0.29) is 29.8 Å². The van der Waals surface area contributed by atoms with E-state index in [1.165, 1.54) is 12.1 Å². The molecular formula is C22H32FIN6. The maximum atomic E-state index is 13.1. The summed E-state index contributed by atoms with van der Waals surface area (Å²) in [6.45, 7) is 8.30. The molecule has 3 rings (SSSR count). The standard InChI is InChI=1S/C22H31FN6.HI/c1-2-24-22(27-14-6-5-13-26-21-7-3-4-12-25-21)29-17-15-28(16-18-29)20-10-8-19(23)9-11-20;/h3-4,7-12H,2,5-6,13-18H2,1H3,(H,24,27)(H,25,26);1H. The Morgan fingerprint density at radius 3 is 2.50 bits per heavy atom. The van der Waals surface area contributed by atoms with Crippen molar-refractivity contribution in [2.24, 2.45) is 4.99 Å². The van der Waals surface area contributed by atoms with Crippen molar-refractivity contribution in [1.82, 2.24) is 15.2 Å². The Balaban J connectivity index is 0.00000320. The maximum Gasteiger partial charge on any atom is 0.194 e. The Kier molecular flexibility index (Phi) is 10.7. The highest BCUT2D eigenvalue weighted by Crippen LogP contribution is 2.17. The number of nitrogens with zero attached hydrogens (tertiary/aromatic N) is 4. The molecule has 0 unspecified atom stereocenters. The number of anilines is 2. The molecule has 0 radical (unpaired) electrons. The van der Waals surface area contributed by atoms with Crippen LogP contribution < -0.4 is 15.5 Å². The predicted molar refractivity (Wildman–Crippen MR) is 134 cm³/mol. The van der Waals surface area contributed by atoms with Crippen LogP contribution in [0.1, 0.15) is 19.8 Å². The normalized spacial score (nSPS) is 14.3. The molecule has 0 aliphatic carbocycles. The Morgan fingerprint density at radius 2 is 1.83 bits per heavy atom. The minimum atomic E-state index is -0.191.